The molecule has 0 saturated carbocycles. The molecule has 0 aliphatic carbocycles. The van der Waals surface area contributed by atoms with Crippen LogP contribution in [0.4, 0.5) is 5.69 Å². The van der Waals surface area contributed by atoms with E-state index in [4.69, 9.17) is 4.74 Å². The van der Waals surface area contributed by atoms with Crippen LogP contribution in [0.3, 0.4) is 0 Å². The SMILES string of the molecule is COC(=O)[C@@H](NS(=O)(=O)c1ccc(N2CCCC2=O)cc1)c1ccccc1. The van der Waals surface area contributed by atoms with E-state index in [0.717, 1.165) is 6.42 Å². The van der Waals surface area contributed by atoms with E-state index in [0.29, 0.717) is 24.2 Å². The molecule has 0 unspecified atom stereocenters. The fourth-order valence-corrected chi connectivity index (χ4v) is 4.14. The summed E-state index contributed by atoms with van der Waals surface area (Å²) in [5.74, 6) is -0.678. The lowest BCUT2D eigenvalue weighted by molar-refractivity contribution is -0.142. The van der Waals surface area contributed by atoms with Crippen molar-refractivity contribution in [3.8, 4) is 0 Å². The zero-order valence-electron chi connectivity index (χ0n) is 14.8. The molecule has 0 spiro atoms. The van der Waals surface area contributed by atoms with E-state index in [1.165, 1.54) is 19.2 Å². The van der Waals surface area contributed by atoms with Gasteiger partial charge < -0.3 is 9.64 Å². The number of amides is 1. The van der Waals surface area contributed by atoms with Gasteiger partial charge in [0.2, 0.25) is 15.9 Å². The Morgan fingerprint density at radius 3 is 2.33 bits per heavy atom. The van der Waals surface area contributed by atoms with Crippen molar-refractivity contribution in [2.45, 2.75) is 23.8 Å². The highest BCUT2D eigenvalue weighted by atomic mass is 32.2. The van der Waals surface area contributed by atoms with E-state index in [-0.39, 0.29) is 10.8 Å². The average molecular weight is 388 g/mol. The van der Waals surface area contributed by atoms with Crippen molar-refractivity contribution in [2.24, 2.45) is 0 Å². The zero-order chi connectivity index (χ0) is 19.4. The van der Waals surface area contributed by atoms with Gasteiger partial charge >= 0.3 is 5.97 Å². The molecule has 1 saturated heterocycles. The van der Waals surface area contributed by atoms with E-state index in [1.807, 2.05) is 0 Å². The summed E-state index contributed by atoms with van der Waals surface area (Å²) < 4.78 is 32.6. The van der Waals surface area contributed by atoms with Crippen LogP contribution in [0.25, 0.3) is 0 Å². The molecule has 1 amide bonds. The van der Waals surface area contributed by atoms with Crippen molar-refractivity contribution in [2.75, 3.05) is 18.6 Å². The second-order valence-corrected chi connectivity index (χ2v) is 7.84. The highest BCUT2D eigenvalue weighted by Crippen LogP contribution is 2.24. The maximum atomic E-state index is 12.7. The first-order chi connectivity index (χ1) is 12.9. The number of carbonyl (C=O) groups is 2. The minimum absolute atomic E-state index is 0.00253. The number of esters is 1. The van der Waals surface area contributed by atoms with Gasteiger partial charge in [-0.25, -0.2) is 13.2 Å². The normalized spacial score (nSPS) is 15.6. The Hall–Kier alpha value is -2.71. The van der Waals surface area contributed by atoms with Crippen LogP contribution in [0, 0.1) is 0 Å². The summed E-state index contributed by atoms with van der Waals surface area (Å²) in [5.41, 5.74) is 1.14. The summed E-state index contributed by atoms with van der Waals surface area (Å²) in [4.78, 5) is 25.5. The Morgan fingerprint density at radius 1 is 1.11 bits per heavy atom. The van der Waals surface area contributed by atoms with Crippen molar-refractivity contribution in [3.05, 3.63) is 60.2 Å². The number of methoxy groups -OCH3 is 1. The first kappa shape index (κ1) is 19.1. The number of anilines is 1. The number of ether oxygens (including phenoxy) is 1. The minimum atomic E-state index is -3.97. The highest BCUT2D eigenvalue weighted by Gasteiger charge is 2.28. The summed E-state index contributed by atoms with van der Waals surface area (Å²) in [6.07, 6.45) is 1.29. The Bertz CT molecular complexity index is 926. The van der Waals surface area contributed by atoms with Gasteiger partial charge in [0, 0.05) is 18.7 Å². The number of nitrogens with zero attached hydrogens (tertiary/aromatic N) is 1. The molecule has 1 atom stereocenters. The van der Waals surface area contributed by atoms with Gasteiger partial charge in [-0.05, 0) is 36.2 Å². The van der Waals surface area contributed by atoms with E-state index in [2.05, 4.69) is 4.72 Å². The molecule has 7 nitrogen and oxygen atoms in total. The Labute approximate surface area is 158 Å². The number of carbonyl (C=O) groups excluding carboxylic acids is 2. The number of rotatable bonds is 6. The molecule has 0 bridgehead atoms. The molecule has 1 fully saturated rings. The largest absolute Gasteiger partial charge is 0.468 e. The Morgan fingerprint density at radius 2 is 1.78 bits per heavy atom. The molecule has 0 aromatic heterocycles. The third-order valence-corrected chi connectivity index (χ3v) is 5.81. The van der Waals surface area contributed by atoms with Gasteiger partial charge in [0.25, 0.3) is 0 Å². The number of hydrogen-bond donors (Lipinski definition) is 1. The molecule has 3 rings (SSSR count). The fraction of sp³-hybridized carbons (Fsp3) is 0.263. The number of hydrogen-bond acceptors (Lipinski definition) is 5. The van der Waals surface area contributed by atoms with Crippen LogP contribution in [-0.2, 0) is 24.3 Å². The van der Waals surface area contributed by atoms with E-state index < -0.39 is 22.0 Å². The molecule has 1 heterocycles. The van der Waals surface area contributed by atoms with Gasteiger partial charge in [0.1, 0.15) is 6.04 Å². The van der Waals surface area contributed by atoms with Crippen molar-refractivity contribution in [1.29, 1.82) is 0 Å². The van der Waals surface area contributed by atoms with Gasteiger partial charge in [-0.1, -0.05) is 30.3 Å². The lowest BCUT2D eigenvalue weighted by atomic mass is 10.1. The summed E-state index contributed by atoms with van der Waals surface area (Å²) in [7, 11) is -2.77. The Balaban J connectivity index is 1.84. The fourth-order valence-electron chi connectivity index (χ4n) is 2.97. The van der Waals surface area contributed by atoms with Gasteiger partial charge in [0.05, 0.1) is 12.0 Å². The molecule has 2 aromatic rings. The summed E-state index contributed by atoms with van der Waals surface area (Å²) >= 11 is 0. The lowest BCUT2D eigenvalue weighted by Gasteiger charge is -2.18. The molecule has 8 heteroatoms. The predicted molar refractivity (Wildman–Crippen MR) is 99.5 cm³/mol. The van der Waals surface area contributed by atoms with Crippen LogP contribution in [0.5, 0.6) is 0 Å². The van der Waals surface area contributed by atoms with Gasteiger partial charge in [-0.15, -0.1) is 0 Å². The topological polar surface area (TPSA) is 92.8 Å². The van der Waals surface area contributed by atoms with Gasteiger partial charge in [-0.3, -0.25) is 4.79 Å². The van der Waals surface area contributed by atoms with Gasteiger partial charge in [0.15, 0.2) is 0 Å². The maximum Gasteiger partial charge on any atom is 0.328 e. The number of nitrogens with one attached hydrogen (secondary N) is 1. The smallest absolute Gasteiger partial charge is 0.328 e. The molecule has 1 aliphatic rings. The Kier molecular flexibility index (Phi) is 5.57. The second kappa shape index (κ2) is 7.89. The standard InChI is InChI=1S/C19H20N2O5S/c1-26-19(23)18(14-6-3-2-4-7-14)20-27(24,25)16-11-9-15(10-12-16)21-13-5-8-17(21)22/h2-4,6-7,9-12,18,20H,5,8,13H2,1H3/t18-/m0/s1. The summed E-state index contributed by atoms with van der Waals surface area (Å²) in [5, 5.41) is 0. The van der Waals surface area contributed by atoms with Crippen LogP contribution in [0.1, 0.15) is 24.4 Å². The molecule has 2 aromatic carbocycles. The van der Waals surface area contributed by atoms with Crippen LogP contribution in [0.2, 0.25) is 0 Å². The van der Waals surface area contributed by atoms with E-state index >= 15 is 0 Å². The molecule has 1 N–H and O–H groups in total. The highest BCUT2D eigenvalue weighted by molar-refractivity contribution is 7.89. The first-order valence-corrected chi connectivity index (χ1v) is 9.96. The molecule has 0 radical (unpaired) electrons. The quantitative estimate of drug-likeness (QED) is 0.764. The molecule has 27 heavy (non-hydrogen) atoms. The zero-order valence-corrected chi connectivity index (χ0v) is 15.6. The average Bonchev–Trinajstić information content (AvgIpc) is 3.12. The minimum Gasteiger partial charge on any atom is -0.468 e. The van der Waals surface area contributed by atoms with Crippen molar-refractivity contribution in [3.63, 3.8) is 0 Å². The van der Waals surface area contributed by atoms with E-state index in [9.17, 15) is 18.0 Å². The van der Waals surface area contributed by atoms with Crippen molar-refractivity contribution >= 4 is 27.6 Å². The van der Waals surface area contributed by atoms with Crippen LogP contribution in [0.15, 0.2) is 59.5 Å². The summed E-state index contributed by atoms with van der Waals surface area (Å²) in [6, 6.07) is 13.3. The van der Waals surface area contributed by atoms with Crippen LogP contribution < -0.4 is 9.62 Å². The van der Waals surface area contributed by atoms with E-state index in [1.54, 1.807) is 47.4 Å². The summed E-state index contributed by atoms with van der Waals surface area (Å²) in [6.45, 7) is 0.627. The third-order valence-electron chi connectivity index (χ3n) is 4.37. The number of benzene rings is 2. The number of sulfonamides is 1. The van der Waals surface area contributed by atoms with Crippen molar-refractivity contribution < 1.29 is 22.7 Å². The molecule has 142 valence electrons. The maximum absolute atomic E-state index is 12.7. The monoisotopic (exact) mass is 388 g/mol. The van der Waals surface area contributed by atoms with Crippen LogP contribution in [-0.4, -0.2) is 33.9 Å². The lowest BCUT2D eigenvalue weighted by Crippen LogP contribution is -2.34. The molecule has 1 aliphatic heterocycles. The first-order valence-electron chi connectivity index (χ1n) is 8.48. The van der Waals surface area contributed by atoms with Crippen LogP contribution >= 0.6 is 0 Å². The second-order valence-electron chi connectivity index (χ2n) is 6.13. The molecular weight excluding hydrogens is 368 g/mol. The van der Waals surface area contributed by atoms with Gasteiger partial charge in [-0.2, -0.15) is 4.72 Å². The predicted octanol–water partition coefficient (Wildman–Crippen LogP) is 2.01. The third kappa shape index (κ3) is 4.17. The van der Waals surface area contributed by atoms with Crippen molar-refractivity contribution in [1.82, 2.24) is 4.72 Å². The molecular formula is C19H20N2O5S.